The number of carbonyl (C=O) groups excluding carboxylic acids is 1. The minimum absolute atomic E-state index is 0.233. The molecule has 24 heavy (non-hydrogen) atoms. The zero-order valence-electron chi connectivity index (χ0n) is 13.7. The van der Waals surface area contributed by atoms with E-state index in [1.54, 1.807) is 0 Å². The van der Waals surface area contributed by atoms with Crippen LogP contribution in [0.1, 0.15) is 24.5 Å². The number of amides is 2. The van der Waals surface area contributed by atoms with E-state index in [9.17, 15) is 13.6 Å². The fraction of sp³-hybridized carbons (Fsp3) is 0.316. The summed E-state index contributed by atoms with van der Waals surface area (Å²) in [6.07, 6.45) is 0.764. The Hall–Kier alpha value is -2.43. The molecule has 126 valence electrons. The van der Waals surface area contributed by atoms with Crippen LogP contribution in [0.2, 0.25) is 0 Å². The maximum atomic E-state index is 14.1. The number of nitrogens with one attached hydrogen (secondary N) is 2. The molecule has 2 N–H and O–H groups in total. The van der Waals surface area contributed by atoms with E-state index in [2.05, 4.69) is 10.6 Å². The summed E-state index contributed by atoms with van der Waals surface area (Å²) in [7, 11) is 0. The summed E-state index contributed by atoms with van der Waals surface area (Å²) in [5, 5.41) is 5.56. The normalized spacial score (nSPS) is 22.1. The predicted octanol–water partition coefficient (Wildman–Crippen LogP) is 4.37. The van der Waals surface area contributed by atoms with Crippen molar-refractivity contribution in [2.75, 3.05) is 11.9 Å². The van der Waals surface area contributed by atoms with Crippen LogP contribution < -0.4 is 10.6 Å². The van der Waals surface area contributed by atoms with E-state index >= 15 is 0 Å². The van der Waals surface area contributed by atoms with Crippen molar-refractivity contribution in [2.45, 2.75) is 25.7 Å². The Morgan fingerprint density at radius 3 is 2.46 bits per heavy atom. The first kappa shape index (κ1) is 16.4. The lowest BCUT2D eigenvalue weighted by Gasteiger charge is -2.19. The van der Waals surface area contributed by atoms with E-state index in [0.717, 1.165) is 18.1 Å². The maximum Gasteiger partial charge on any atom is 0.319 e. The van der Waals surface area contributed by atoms with E-state index in [1.807, 2.05) is 38.1 Å². The van der Waals surface area contributed by atoms with Crippen molar-refractivity contribution in [1.82, 2.24) is 5.32 Å². The van der Waals surface area contributed by atoms with Crippen molar-refractivity contribution < 1.29 is 13.6 Å². The topological polar surface area (TPSA) is 41.1 Å². The van der Waals surface area contributed by atoms with Gasteiger partial charge in [-0.05, 0) is 43.0 Å². The third kappa shape index (κ3) is 3.25. The second-order valence-corrected chi connectivity index (χ2v) is 6.56. The molecule has 0 aromatic heterocycles. The first-order valence-electron chi connectivity index (χ1n) is 7.98. The fourth-order valence-corrected chi connectivity index (χ4v) is 3.15. The number of aryl methyl sites for hydroxylation is 1. The lowest BCUT2D eigenvalue weighted by atomic mass is 9.93. The number of hydrogen-bond donors (Lipinski definition) is 2. The third-order valence-electron chi connectivity index (χ3n) is 4.80. The smallest absolute Gasteiger partial charge is 0.319 e. The zero-order valence-corrected chi connectivity index (χ0v) is 13.7. The summed E-state index contributed by atoms with van der Waals surface area (Å²) in [5.41, 5.74) is 1.82. The Labute approximate surface area is 140 Å². The summed E-state index contributed by atoms with van der Waals surface area (Å²) >= 11 is 0. The molecule has 0 spiro atoms. The highest BCUT2D eigenvalue weighted by molar-refractivity contribution is 5.89. The van der Waals surface area contributed by atoms with Gasteiger partial charge in [-0.2, -0.15) is 0 Å². The Kier molecular flexibility index (Phi) is 4.26. The lowest BCUT2D eigenvalue weighted by Crippen LogP contribution is -2.36. The Morgan fingerprint density at radius 1 is 1.21 bits per heavy atom. The van der Waals surface area contributed by atoms with Crippen molar-refractivity contribution in [1.29, 1.82) is 0 Å². The van der Waals surface area contributed by atoms with Gasteiger partial charge in [0.2, 0.25) is 0 Å². The molecule has 2 atom stereocenters. The molecule has 1 fully saturated rings. The highest BCUT2D eigenvalue weighted by atomic mass is 19.1. The van der Waals surface area contributed by atoms with Crippen LogP contribution in [0.15, 0.2) is 42.5 Å². The van der Waals surface area contributed by atoms with Gasteiger partial charge in [-0.15, -0.1) is 0 Å². The molecule has 2 unspecified atom stereocenters. The molecule has 3 nitrogen and oxygen atoms in total. The third-order valence-corrected chi connectivity index (χ3v) is 4.80. The summed E-state index contributed by atoms with van der Waals surface area (Å²) in [6.45, 7) is 4.29. The molecule has 0 bridgehead atoms. The van der Waals surface area contributed by atoms with Crippen molar-refractivity contribution >= 4 is 11.7 Å². The standard InChI is InChI=1S/C19H20F2N2O/c1-12-3-6-15(7-4-12)23-18(24)22-11-19(10-13(19)2)16-8-5-14(20)9-17(16)21/h3-9,13H,10-11H2,1-2H3,(H2,22,23,24). The summed E-state index contributed by atoms with van der Waals surface area (Å²) < 4.78 is 27.2. The van der Waals surface area contributed by atoms with E-state index in [0.29, 0.717) is 17.8 Å². The number of hydrogen-bond acceptors (Lipinski definition) is 1. The average molecular weight is 330 g/mol. The second kappa shape index (κ2) is 6.23. The summed E-state index contributed by atoms with van der Waals surface area (Å²) in [5.74, 6) is -0.915. The number of benzene rings is 2. The van der Waals surface area contributed by atoms with Gasteiger partial charge in [-0.1, -0.05) is 30.7 Å². The van der Waals surface area contributed by atoms with Crippen LogP contribution in [-0.2, 0) is 5.41 Å². The SMILES string of the molecule is Cc1ccc(NC(=O)NCC2(c3ccc(F)cc3F)CC2C)cc1. The quantitative estimate of drug-likeness (QED) is 0.858. The Balaban J connectivity index is 1.66. The van der Waals surface area contributed by atoms with Gasteiger partial charge in [0.05, 0.1) is 0 Å². The van der Waals surface area contributed by atoms with Crippen LogP contribution in [0.5, 0.6) is 0 Å². The molecular weight excluding hydrogens is 310 g/mol. The van der Waals surface area contributed by atoms with E-state index < -0.39 is 17.0 Å². The molecule has 2 amide bonds. The fourth-order valence-electron chi connectivity index (χ4n) is 3.15. The molecule has 5 heteroatoms. The molecule has 2 aromatic carbocycles. The Morgan fingerprint density at radius 2 is 1.88 bits per heavy atom. The van der Waals surface area contributed by atoms with Crippen molar-refractivity contribution in [2.24, 2.45) is 5.92 Å². The minimum Gasteiger partial charge on any atom is -0.337 e. The van der Waals surface area contributed by atoms with Crippen LogP contribution in [0.3, 0.4) is 0 Å². The highest BCUT2D eigenvalue weighted by Gasteiger charge is 2.53. The first-order chi connectivity index (χ1) is 11.4. The summed E-state index contributed by atoms with van der Waals surface area (Å²) in [6, 6.07) is 10.8. The molecule has 2 aromatic rings. The van der Waals surface area contributed by atoms with Crippen LogP contribution in [-0.4, -0.2) is 12.6 Å². The molecule has 3 rings (SSSR count). The van der Waals surface area contributed by atoms with Gasteiger partial charge < -0.3 is 10.6 Å². The number of halogens is 2. The number of rotatable bonds is 4. The van der Waals surface area contributed by atoms with Crippen molar-refractivity contribution in [3.63, 3.8) is 0 Å². The average Bonchev–Trinajstić information content (AvgIpc) is 3.19. The number of carbonyl (C=O) groups is 1. The predicted molar refractivity (Wildman–Crippen MR) is 90.0 cm³/mol. The van der Waals surface area contributed by atoms with Gasteiger partial charge in [0.1, 0.15) is 11.6 Å². The zero-order chi connectivity index (χ0) is 17.3. The molecule has 1 saturated carbocycles. The van der Waals surface area contributed by atoms with E-state index in [1.165, 1.54) is 12.1 Å². The van der Waals surface area contributed by atoms with Gasteiger partial charge in [-0.25, -0.2) is 13.6 Å². The molecule has 0 saturated heterocycles. The van der Waals surface area contributed by atoms with Gasteiger partial charge in [0.25, 0.3) is 0 Å². The van der Waals surface area contributed by atoms with Crippen LogP contribution in [0, 0.1) is 24.5 Å². The molecule has 0 heterocycles. The van der Waals surface area contributed by atoms with Crippen LogP contribution in [0.25, 0.3) is 0 Å². The highest BCUT2D eigenvalue weighted by Crippen LogP contribution is 2.54. The lowest BCUT2D eigenvalue weighted by molar-refractivity contribution is 0.250. The number of urea groups is 1. The molecule has 1 aliphatic carbocycles. The van der Waals surface area contributed by atoms with Gasteiger partial charge >= 0.3 is 6.03 Å². The van der Waals surface area contributed by atoms with Crippen LogP contribution in [0.4, 0.5) is 19.3 Å². The monoisotopic (exact) mass is 330 g/mol. The second-order valence-electron chi connectivity index (χ2n) is 6.56. The molecule has 1 aliphatic rings. The Bertz CT molecular complexity index is 760. The van der Waals surface area contributed by atoms with E-state index in [4.69, 9.17) is 0 Å². The van der Waals surface area contributed by atoms with Gasteiger partial charge in [0.15, 0.2) is 0 Å². The molecule has 0 aliphatic heterocycles. The summed E-state index contributed by atoms with van der Waals surface area (Å²) in [4.78, 5) is 12.1. The van der Waals surface area contributed by atoms with Crippen LogP contribution >= 0.6 is 0 Å². The maximum absolute atomic E-state index is 14.1. The van der Waals surface area contributed by atoms with Crippen molar-refractivity contribution in [3.8, 4) is 0 Å². The van der Waals surface area contributed by atoms with Gasteiger partial charge in [0, 0.05) is 23.7 Å². The minimum atomic E-state index is -0.593. The van der Waals surface area contributed by atoms with E-state index in [-0.39, 0.29) is 11.9 Å². The first-order valence-corrected chi connectivity index (χ1v) is 7.98. The molecular formula is C19H20F2N2O. The largest absolute Gasteiger partial charge is 0.337 e. The van der Waals surface area contributed by atoms with Gasteiger partial charge in [-0.3, -0.25) is 0 Å². The molecule has 0 radical (unpaired) electrons. The van der Waals surface area contributed by atoms with Crippen molar-refractivity contribution in [3.05, 3.63) is 65.2 Å². The number of anilines is 1.